The molecule has 0 radical (unpaired) electrons. The van der Waals surface area contributed by atoms with Crippen molar-refractivity contribution in [2.75, 3.05) is 39.6 Å². The van der Waals surface area contributed by atoms with Crippen LogP contribution in [-0.4, -0.2) is 96.7 Å². The summed E-state index contributed by atoms with van der Waals surface area (Å²) >= 11 is 0. The molecule has 0 aliphatic heterocycles. The van der Waals surface area contributed by atoms with Crippen LogP contribution in [0.25, 0.3) is 0 Å². The molecule has 0 aromatic carbocycles. The summed E-state index contributed by atoms with van der Waals surface area (Å²) in [6.45, 7) is 9.41. The summed E-state index contributed by atoms with van der Waals surface area (Å²) in [4.78, 5) is 72.2. The molecular formula is C69H134O17P2. The van der Waals surface area contributed by atoms with Gasteiger partial charge < -0.3 is 33.8 Å². The van der Waals surface area contributed by atoms with Gasteiger partial charge >= 0.3 is 39.5 Å². The number of aliphatic hydroxyl groups is 1. The van der Waals surface area contributed by atoms with Crippen LogP contribution in [0.15, 0.2) is 0 Å². The number of carbonyl (C=O) groups is 4. The molecule has 0 aromatic rings. The Morgan fingerprint density at radius 3 is 0.864 bits per heavy atom. The number of phosphoric ester groups is 2. The Bertz CT molecular complexity index is 1720. The van der Waals surface area contributed by atoms with Crippen molar-refractivity contribution in [2.45, 2.75) is 368 Å². The Balaban J connectivity index is 5.16. The lowest BCUT2D eigenvalue weighted by Crippen LogP contribution is -2.30. The van der Waals surface area contributed by atoms with Crippen LogP contribution in [0.2, 0.25) is 0 Å². The third-order valence-corrected chi connectivity index (χ3v) is 18.2. The summed E-state index contributed by atoms with van der Waals surface area (Å²) in [5.74, 6) is -0.637. The Morgan fingerprint density at radius 1 is 0.330 bits per heavy atom. The van der Waals surface area contributed by atoms with Crippen molar-refractivity contribution < 1.29 is 80.2 Å². The van der Waals surface area contributed by atoms with Crippen LogP contribution >= 0.6 is 15.6 Å². The molecule has 6 atom stereocenters. The van der Waals surface area contributed by atoms with E-state index in [1.165, 1.54) is 161 Å². The van der Waals surface area contributed by atoms with Gasteiger partial charge in [-0.1, -0.05) is 298 Å². The first kappa shape index (κ1) is 86.1. The number of hydrogen-bond donors (Lipinski definition) is 3. The molecule has 0 amide bonds. The number of hydrogen-bond acceptors (Lipinski definition) is 15. The summed E-state index contributed by atoms with van der Waals surface area (Å²) < 4.78 is 68.0. The van der Waals surface area contributed by atoms with Gasteiger partial charge in [-0.15, -0.1) is 0 Å². The molecule has 3 unspecified atom stereocenters. The fraction of sp³-hybridized carbons (Fsp3) is 0.942. The Kier molecular flexibility index (Phi) is 59.9. The fourth-order valence-corrected chi connectivity index (χ4v) is 12.0. The van der Waals surface area contributed by atoms with Gasteiger partial charge in [-0.3, -0.25) is 37.3 Å². The predicted octanol–water partition coefficient (Wildman–Crippen LogP) is 19.6. The zero-order chi connectivity index (χ0) is 65.0. The molecule has 0 heterocycles. The number of carbonyl (C=O) groups excluding carboxylic acids is 4. The van der Waals surface area contributed by atoms with Gasteiger partial charge in [0.05, 0.1) is 26.4 Å². The van der Waals surface area contributed by atoms with Crippen molar-refractivity contribution in [1.82, 2.24) is 0 Å². The SMILES string of the molecule is CCCCCCCCCCCCCCCCCCCCC(=O)O[C@H](COC(=O)CCCCCCCCCCCCCCC(C)C)COP(=O)(O)OC[C@@H](O)COP(=O)(O)OC[C@@H](COC(=O)CCCCCCC)OC(=O)CCCCCCCCC(C)CC. The van der Waals surface area contributed by atoms with Gasteiger partial charge in [0.15, 0.2) is 12.2 Å². The van der Waals surface area contributed by atoms with Crippen molar-refractivity contribution in [3.8, 4) is 0 Å². The molecule has 0 spiro atoms. The summed E-state index contributed by atoms with van der Waals surface area (Å²) in [6, 6.07) is 0. The minimum Gasteiger partial charge on any atom is -0.462 e. The van der Waals surface area contributed by atoms with Crippen LogP contribution in [0.3, 0.4) is 0 Å². The number of phosphoric acid groups is 2. The number of esters is 4. The standard InChI is InChI=1S/C69H134O17P2/c1-7-10-12-14-15-16-17-18-19-20-21-22-23-28-31-34-41-47-53-68(73)85-65(58-80-67(72)52-46-40-33-30-27-25-24-26-29-32-38-43-49-61(4)5)60-84-88(77,78)82-56-63(70)55-81-87(75,76)83-59-64(57-79-66(71)51-45-37-13-11-8-2)86-69(74)54-48-42-36-35-39-44-50-62(6)9-3/h61-65,70H,7-60H2,1-6H3,(H,75,76)(H,77,78)/t62?,63-,64+,65+/m0/s1. The van der Waals surface area contributed by atoms with E-state index in [4.69, 9.17) is 37.0 Å². The molecule has 17 nitrogen and oxygen atoms in total. The van der Waals surface area contributed by atoms with Gasteiger partial charge in [-0.2, -0.15) is 0 Å². The van der Waals surface area contributed by atoms with E-state index in [1.54, 1.807) is 0 Å². The Morgan fingerprint density at radius 2 is 0.580 bits per heavy atom. The minimum atomic E-state index is -4.95. The van der Waals surface area contributed by atoms with E-state index in [0.29, 0.717) is 25.7 Å². The van der Waals surface area contributed by atoms with E-state index >= 15 is 0 Å². The van der Waals surface area contributed by atoms with Crippen molar-refractivity contribution in [1.29, 1.82) is 0 Å². The average molecular weight is 1300 g/mol. The first-order chi connectivity index (χ1) is 42.4. The molecule has 0 saturated heterocycles. The van der Waals surface area contributed by atoms with Crippen molar-refractivity contribution in [2.24, 2.45) is 11.8 Å². The largest absolute Gasteiger partial charge is 0.472 e. The topological polar surface area (TPSA) is 237 Å². The van der Waals surface area contributed by atoms with E-state index < -0.39 is 97.5 Å². The van der Waals surface area contributed by atoms with Crippen LogP contribution in [0.4, 0.5) is 0 Å². The van der Waals surface area contributed by atoms with E-state index in [2.05, 4.69) is 41.5 Å². The minimum absolute atomic E-state index is 0.102. The predicted molar refractivity (Wildman–Crippen MR) is 354 cm³/mol. The molecule has 0 saturated carbocycles. The Labute approximate surface area is 537 Å². The van der Waals surface area contributed by atoms with E-state index in [1.807, 2.05) is 0 Å². The zero-order valence-corrected chi connectivity index (χ0v) is 58.8. The second-order valence-corrected chi connectivity index (χ2v) is 28.5. The van der Waals surface area contributed by atoms with Crippen molar-refractivity contribution in [3.63, 3.8) is 0 Å². The number of unbranched alkanes of at least 4 members (excludes halogenated alkanes) is 37. The number of aliphatic hydroxyl groups excluding tert-OH is 1. The fourth-order valence-electron chi connectivity index (χ4n) is 10.4. The molecule has 88 heavy (non-hydrogen) atoms. The van der Waals surface area contributed by atoms with E-state index in [0.717, 1.165) is 108 Å². The van der Waals surface area contributed by atoms with Crippen LogP contribution < -0.4 is 0 Å². The average Bonchev–Trinajstić information content (AvgIpc) is 3.69. The van der Waals surface area contributed by atoms with Crippen molar-refractivity contribution in [3.05, 3.63) is 0 Å². The second kappa shape index (κ2) is 61.3. The van der Waals surface area contributed by atoms with E-state index in [-0.39, 0.29) is 25.7 Å². The summed E-state index contributed by atoms with van der Waals surface area (Å²) in [6.07, 6.45) is 46.3. The van der Waals surface area contributed by atoms with Gasteiger partial charge in [0.1, 0.15) is 19.3 Å². The molecule has 0 aliphatic carbocycles. The quantitative estimate of drug-likeness (QED) is 0.0222. The molecule has 0 aromatic heterocycles. The van der Waals surface area contributed by atoms with Crippen LogP contribution in [0.5, 0.6) is 0 Å². The maximum atomic E-state index is 13.0. The van der Waals surface area contributed by atoms with Crippen molar-refractivity contribution >= 4 is 39.5 Å². The number of rotatable bonds is 68. The lowest BCUT2D eigenvalue weighted by molar-refractivity contribution is -0.161. The molecule has 0 fully saturated rings. The maximum Gasteiger partial charge on any atom is 0.472 e. The molecular weight excluding hydrogens is 1160 g/mol. The van der Waals surface area contributed by atoms with Crippen LogP contribution in [0.1, 0.15) is 350 Å². The Hall–Kier alpha value is -1.94. The lowest BCUT2D eigenvalue weighted by Gasteiger charge is -2.21. The second-order valence-electron chi connectivity index (χ2n) is 25.6. The van der Waals surface area contributed by atoms with Gasteiger partial charge in [0.25, 0.3) is 0 Å². The maximum absolute atomic E-state index is 13.0. The summed E-state index contributed by atoms with van der Waals surface area (Å²) in [5.41, 5.74) is 0. The van der Waals surface area contributed by atoms with Gasteiger partial charge in [-0.05, 0) is 37.5 Å². The first-order valence-corrected chi connectivity index (χ1v) is 39.0. The highest BCUT2D eigenvalue weighted by atomic mass is 31.2. The molecule has 522 valence electrons. The monoisotopic (exact) mass is 1300 g/mol. The summed E-state index contributed by atoms with van der Waals surface area (Å²) in [7, 11) is -9.89. The van der Waals surface area contributed by atoms with E-state index in [9.17, 15) is 43.2 Å². The third-order valence-electron chi connectivity index (χ3n) is 16.3. The highest BCUT2D eigenvalue weighted by Gasteiger charge is 2.30. The smallest absolute Gasteiger partial charge is 0.462 e. The van der Waals surface area contributed by atoms with Gasteiger partial charge in [-0.25, -0.2) is 9.13 Å². The van der Waals surface area contributed by atoms with Gasteiger partial charge in [0.2, 0.25) is 0 Å². The highest BCUT2D eigenvalue weighted by molar-refractivity contribution is 7.47. The molecule has 19 heteroatoms. The molecule has 3 N–H and O–H groups in total. The molecule has 0 bridgehead atoms. The third kappa shape index (κ3) is 61.6. The van der Waals surface area contributed by atoms with Crippen LogP contribution in [0, 0.1) is 11.8 Å². The normalized spacial score (nSPS) is 14.5. The molecule has 0 rings (SSSR count). The summed E-state index contributed by atoms with van der Waals surface area (Å²) in [5, 5.41) is 10.5. The highest BCUT2D eigenvalue weighted by Crippen LogP contribution is 2.45. The lowest BCUT2D eigenvalue weighted by atomic mass is 10.00. The van der Waals surface area contributed by atoms with Crippen LogP contribution in [-0.2, 0) is 65.4 Å². The zero-order valence-electron chi connectivity index (χ0n) is 57.0. The molecule has 0 aliphatic rings. The number of ether oxygens (including phenoxy) is 4. The van der Waals surface area contributed by atoms with Gasteiger partial charge in [0, 0.05) is 25.7 Å². The first-order valence-electron chi connectivity index (χ1n) is 36.0.